The molecule has 1 fully saturated rings. The van der Waals surface area contributed by atoms with Crippen LogP contribution in [-0.4, -0.2) is 74.7 Å². The van der Waals surface area contributed by atoms with Gasteiger partial charge in [0.1, 0.15) is 6.61 Å². The lowest BCUT2D eigenvalue weighted by molar-refractivity contribution is -0.143. The number of benzene rings is 2. The number of hydrogen-bond acceptors (Lipinski definition) is 5. The molecule has 2 aromatic rings. The van der Waals surface area contributed by atoms with E-state index >= 15 is 0 Å². The third-order valence-electron chi connectivity index (χ3n) is 6.89. The Kier molecular flexibility index (Phi) is 8.18. The quantitative estimate of drug-likeness (QED) is 0.586. The number of rotatable bonds is 8. The number of carbonyl (C=O) groups is 1. The number of fused-ring (bicyclic) bond motifs is 1. The first-order valence-corrected chi connectivity index (χ1v) is 12.2. The minimum atomic E-state index is -0.101. The van der Waals surface area contributed by atoms with Gasteiger partial charge in [0, 0.05) is 70.4 Å². The maximum atomic E-state index is 11.3. The van der Waals surface area contributed by atoms with Crippen molar-refractivity contribution in [2.24, 2.45) is 0 Å². The molecule has 1 unspecified atom stereocenters. The van der Waals surface area contributed by atoms with Crippen molar-refractivity contribution in [1.82, 2.24) is 9.80 Å². The molecule has 2 aliphatic heterocycles. The summed E-state index contributed by atoms with van der Waals surface area (Å²) in [5.41, 5.74) is 4.32. The summed E-state index contributed by atoms with van der Waals surface area (Å²) >= 11 is 0. The fourth-order valence-electron chi connectivity index (χ4n) is 4.99. The second kappa shape index (κ2) is 11.5. The number of hydrogen-bond donors (Lipinski definition) is 0. The van der Waals surface area contributed by atoms with E-state index in [2.05, 4.69) is 69.3 Å². The van der Waals surface area contributed by atoms with Gasteiger partial charge in [0.2, 0.25) is 0 Å². The van der Waals surface area contributed by atoms with Gasteiger partial charge in [0.25, 0.3) is 0 Å². The highest BCUT2D eigenvalue weighted by molar-refractivity contribution is 5.68. The molecule has 0 N–H and O–H groups in total. The van der Waals surface area contributed by atoms with Gasteiger partial charge in [-0.1, -0.05) is 55.5 Å². The van der Waals surface area contributed by atoms with E-state index < -0.39 is 0 Å². The second-order valence-electron chi connectivity index (χ2n) is 8.91. The molecular weight excluding hydrogens is 398 g/mol. The zero-order valence-electron chi connectivity index (χ0n) is 19.4. The van der Waals surface area contributed by atoms with Crippen LogP contribution in [0.25, 0.3) is 0 Å². The van der Waals surface area contributed by atoms with Crippen molar-refractivity contribution in [3.05, 3.63) is 65.7 Å². The van der Waals surface area contributed by atoms with Gasteiger partial charge in [-0.25, -0.2) is 0 Å². The molecule has 172 valence electrons. The molecule has 0 aromatic heterocycles. The van der Waals surface area contributed by atoms with Crippen molar-refractivity contribution in [1.29, 1.82) is 0 Å². The Hall–Kier alpha value is -2.37. The van der Waals surface area contributed by atoms with Crippen LogP contribution < -0.4 is 4.90 Å². The highest BCUT2D eigenvalue weighted by atomic mass is 16.5. The lowest BCUT2D eigenvalue weighted by Gasteiger charge is -2.36. The van der Waals surface area contributed by atoms with Crippen molar-refractivity contribution >= 4 is 11.7 Å². The standard InChI is InChI=1S/C27H37N3O2/c1-2-27(31)32-22-21-29-17-15-28(16-18-29)19-20-30-14-8-12-24(23-9-4-3-5-10-23)25-11-6-7-13-26(25)30/h3-7,9-11,13,24H,2,8,12,14-22H2,1H3. The Bertz CT molecular complexity index is 849. The third kappa shape index (κ3) is 5.90. The topological polar surface area (TPSA) is 36.0 Å². The molecule has 0 spiro atoms. The average molecular weight is 436 g/mol. The fraction of sp³-hybridized carbons (Fsp3) is 0.519. The molecule has 0 saturated carbocycles. The molecule has 1 saturated heterocycles. The van der Waals surface area contributed by atoms with Gasteiger partial charge in [0.15, 0.2) is 0 Å². The van der Waals surface area contributed by atoms with Crippen LogP contribution in [0.2, 0.25) is 0 Å². The molecule has 0 aliphatic carbocycles. The number of esters is 1. The number of ether oxygens (including phenoxy) is 1. The van der Waals surface area contributed by atoms with Crippen LogP contribution in [0, 0.1) is 0 Å². The van der Waals surface area contributed by atoms with Gasteiger partial charge in [-0.15, -0.1) is 0 Å². The molecule has 2 heterocycles. The third-order valence-corrected chi connectivity index (χ3v) is 6.89. The number of carbonyl (C=O) groups excluding carboxylic acids is 1. The molecule has 2 aromatic carbocycles. The predicted octanol–water partition coefficient (Wildman–Crippen LogP) is 3.99. The van der Waals surface area contributed by atoms with Gasteiger partial charge in [-0.3, -0.25) is 14.6 Å². The minimum absolute atomic E-state index is 0.101. The first-order valence-electron chi connectivity index (χ1n) is 12.2. The largest absolute Gasteiger partial charge is 0.464 e. The molecule has 0 bridgehead atoms. The monoisotopic (exact) mass is 435 g/mol. The summed E-state index contributed by atoms with van der Waals surface area (Å²) in [4.78, 5) is 18.9. The summed E-state index contributed by atoms with van der Waals surface area (Å²) in [6.45, 7) is 10.8. The molecule has 32 heavy (non-hydrogen) atoms. The lowest BCUT2D eigenvalue weighted by atomic mass is 9.87. The fourth-order valence-corrected chi connectivity index (χ4v) is 4.99. The van der Waals surface area contributed by atoms with Crippen molar-refractivity contribution in [3.63, 3.8) is 0 Å². The van der Waals surface area contributed by atoms with Crippen LogP contribution in [0.5, 0.6) is 0 Å². The molecule has 2 aliphatic rings. The van der Waals surface area contributed by atoms with Crippen LogP contribution in [0.15, 0.2) is 54.6 Å². The molecule has 0 radical (unpaired) electrons. The average Bonchev–Trinajstić information content (AvgIpc) is 3.03. The zero-order valence-corrected chi connectivity index (χ0v) is 19.4. The second-order valence-corrected chi connectivity index (χ2v) is 8.91. The minimum Gasteiger partial charge on any atom is -0.464 e. The zero-order chi connectivity index (χ0) is 22.2. The summed E-state index contributed by atoms with van der Waals surface area (Å²) in [5.74, 6) is 0.388. The SMILES string of the molecule is CCC(=O)OCCN1CCN(CCN2CCCC(c3ccccc3)c3ccccc32)CC1. The number of piperazine rings is 1. The summed E-state index contributed by atoms with van der Waals surface area (Å²) < 4.78 is 5.23. The Labute approximate surface area is 193 Å². The summed E-state index contributed by atoms with van der Waals surface area (Å²) in [6.07, 6.45) is 2.89. The number of anilines is 1. The predicted molar refractivity (Wildman–Crippen MR) is 130 cm³/mol. The Balaban J connectivity index is 1.30. The number of nitrogens with zero attached hydrogens (tertiary/aromatic N) is 3. The van der Waals surface area contributed by atoms with Gasteiger partial charge in [0.05, 0.1) is 0 Å². The molecule has 0 amide bonds. The van der Waals surface area contributed by atoms with E-state index in [0.717, 1.165) is 52.4 Å². The van der Waals surface area contributed by atoms with Gasteiger partial charge in [-0.2, -0.15) is 0 Å². The van der Waals surface area contributed by atoms with E-state index in [0.29, 0.717) is 18.9 Å². The van der Waals surface area contributed by atoms with E-state index in [9.17, 15) is 4.79 Å². The molecular formula is C27H37N3O2. The summed E-state index contributed by atoms with van der Waals surface area (Å²) in [5, 5.41) is 0. The Morgan fingerprint density at radius 1 is 0.875 bits per heavy atom. The number of para-hydroxylation sites is 1. The van der Waals surface area contributed by atoms with Crippen molar-refractivity contribution in [3.8, 4) is 0 Å². The summed E-state index contributed by atoms with van der Waals surface area (Å²) in [6, 6.07) is 20.0. The van der Waals surface area contributed by atoms with Crippen LogP contribution >= 0.6 is 0 Å². The molecule has 1 atom stereocenters. The van der Waals surface area contributed by atoms with Crippen LogP contribution in [0.1, 0.15) is 43.2 Å². The maximum absolute atomic E-state index is 11.3. The van der Waals surface area contributed by atoms with Gasteiger partial charge >= 0.3 is 5.97 Å². The lowest BCUT2D eigenvalue weighted by Crippen LogP contribution is -2.49. The van der Waals surface area contributed by atoms with E-state index in [-0.39, 0.29) is 5.97 Å². The van der Waals surface area contributed by atoms with Crippen LogP contribution in [0.3, 0.4) is 0 Å². The van der Waals surface area contributed by atoms with E-state index in [1.807, 2.05) is 6.92 Å². The molecule has 5 heteroatoms. The highest BCUT2D eigenvalue weighted by Gasteiger charge is 2.24. The van der Waals surface area contributed by atoms with Crippen molar-refractivity contribution in [2.45, 2.75) is 32.1 Å². The van der Waals surface area contributed by atoms with Crippen LogP contribution in [-0.2, 0) is 9.53 Å². The molecule has 5 nitrogen and oxygen atoms in total. The highest BCUT2D eigenvalue weighted by Crippen LogP contribution is 2.38. The Morgan fingerprint density at radius 2 is 1.56 bits per heavy atom. The van der Waals surface area contributed by atoms with Crippen molar-refractivity contribution in [2.75, 3.05) is 63.9 Å². The van der Waals surface area contributed by atoms with Crippen LogP contribution in [0.4, 0.5) is 5.69 Å². The van der Waals surface area contributed by atoms with E-state index in [4.69, 9.17) is 4.74 Å². The normalized spacial score (nSPS) is 19.9. The van der Waals surface area contributed by atoms with Gasteiger partial charge < -0.3 is 9.64 Å². The first kappa shape index (κ1) is 22.8. The first-order chi connectivity index (χ1) is 15.7. The Morgan fingerprint density at radius 3 is 2.31 bits per heavy atom. The van der Waals surface area contributed by atoms with E-state index in [1.165, 1.54) is 29.7 Å². The van der Waals surface area contributed by atoms with E-state index in [1.54, 1.807) is 0 Å². The molecule has 4 rings (SSSR count). The van der Waals surface area contributed by atoms with Gasteiger partial charge in [-0.05, 0) is 30.0 Å². The van der Waals surface area contributed by atoms with Crippen molar-refractivity contribution < 1.29 is 9.53 Å². The smallest absolute Gasteiger partial charge is 0.305 e. The maximum Gasteiger partial charge on any atom is 0.305 e. The summed E-state index contributed by atoms with van der Waals surface area (Å²) in [7, 11) is 0.